The molecule has 0 aromatic heterocycles. The summed E-state index contributed by atoms with van der Waals surface area (Å²) in [5.41, 5.74) is 5.24. The second-order valence-electron chi connectivity index (χ2n) is 4.75. The lowest BCUT2D eigenvalue weighted by Gasteiger charge is -2.39. The molecule has 0 radical (unpaired) electrons. The number of hydrogen-bond acceptors (Lipinski definition) is 3. The van der Waals surface area contributed by atoms with Gasteiger partial charge < -0.3 is 10.8 Å². The predicted octanol–water partition coefficient (Wildman–Crippen LogP) is 1.36. The largest absolute Gasteiger partial charge is 0.404 e. The fourth-order valence-corrected chi connectivity index (χ4v) is 2.42. The van der Waals surface area contributed by atoms with Crippen LogP contribution in [0.15, 0.2) is 0 Å². The van der Waals surface area contributed by atoms with Gasteiger partial charge in [0.15, 0.2) is 0 Å². The quantitative estimate of drug-likeness (QED) is 0.796. The van der Waals surface area contributed by atoms with Crippen molar-refractivity contribution in [3.63, 3.8) is 0 Å². The Balaban J connectivity index is 2.55. The Morgan fingerprint density at radius 3 is 2.24 bits per heavy atom. The summed E-state index contributed by atoms with van der Waals surface area (Å²) < 4.78 is 38.4. The van der Waals surface area contributed by atoms with Gasteiger partial charge in [-0.3, -0.25) is 4.90 Å². The number of likely N-dealkylation sites (tertiary alicyclic amines) is 1. The van der Waals surface area contributed by atoms with Crippen molar-refractivity contribution in [2.45, 2.75) is 44.5 Å². The molecular formula is C11H21F3N2O. The first-order chi connectivity index (χ1) is 7.86. The number of alkyl halides is 3. The third kappa shape index (κ3) is 4.12. The Labute approximate surface area is 99.8 Å². The smallest absolute Gasteiger partial charge is 0.393 e. The van der Waals surface area contributed by atoms with Crippen LogP contribution < -0.4 is 5.73 Å². The van der Waals surface area contributed by atoms with Crippen LogP contribution in [0.4, 0.5) is 13.2 Å². The molecule has 3 nitrogen and oxygen atoms in total. The molecule has 102 valence electrons. The summed E-state index contributed by atoms with van der Waals surface area (Å²) in [5, 5.41) is 9.40. The predicted molar refractivity (Wildman–Crippen MR) is 59.5 cm³/mol. The number of halogens is 3. The zero-order valence-corrected chi connectivity index (χ0v) is 10.1. The second kappa shape index (κ2) is 6.02. The molecule has 1 fully saturated rings. The molecular weight excluding hydrogens is 233 g/mol. The van der Waals surface area contributed by atoms with Gasteiger partial charge in [-0.25, -0.2) is 0 Å². The summed E-state index contributed by atoms with van der Waals surface area (Å²) in [6.45, 7) is 2.52. The molecule has 3 N–H and O–H groups in total. The van der Waals surface area contributed by atoms with Crippen molar-refractivity contribution in [3.8, 4) is 0 Å². The summed E-state index contributed by atoms with van der Waals surface area (Å²) >= 11 is 0. The van der Waals surface area contributed by atoms with E-state index in [1.54, 1.807) is 6.92 Å². The zero-order chi connectivity index (χ0) is 13.1. The molecule has 0 saturated carbocycles. The normalized spacial score (nSPS) is 23.6. The van der Waals surface area contributed by atoms with E-state index in [0.29, 0.717) is 25.9 Å². The van der Waals surface area contributed by atoms with E-state index >= 15 is 0 Å². The molecule has 0 spiro atoms. The van der Waals surface area contributed by atoms with Crippen molar-refractivity contribution in [2.75, 3.05) is 19.6 Å². The number of rotatable bonds is 4. The van der Waals surface area contributed by atoms with Gasteiger partial charge in [-0.05, 0) is 51.7 Å². The maximum Gasteiger partial charge on any atom is 0.404 e. The van der Waals surface area contributed by atoms with Crippen molar-refractivity contribution in [3.05, 3.63) is 0 Å². The molecule has 1 saturated heterocycles. The molecule has 0 aliphatic carbocycles. The van der Waals surface area contributed by atoms with Gasteiger partial charge in [-0.1, -0.05) is 0 Å². The van der Waals surface area contributed by atoms with Crippen LogP contribution >= 0.6 is 0 Å². The molecule has 0 aromatic rings. The van der Waals surface area contributed by atoms with Gasteiger partial charge in [-0.2, -0.15) is 13.2 Å². The number of hydrogen-bond donors (Lipinski definition) is 2. The van der Waals surface area contributed by atoms with E-state index in [1.807, 2.05) is 0 Å². The third-order valence-electron chi connectivity index (χ3n) is 3.52. The van der Waals surface area contributed by atoms with Crippen molar-refractivity contribution < 1.29 is 18.3 Å². The van der Waals surface area contributed by atoms with Crippen LogP contribution in [0.25, 0.3) is 0 Å². The molecule has 0 amide bonds. The minimum atomic E-state index is -4.21. The highest BCUT2D eigenvalue weighted by atomic mass is 19.4. The van der Waals surface area contributed by atoms with Gasteiger partial charge in [0.05, 0.1) is 6.10 Å². The molecule has 1 aliphatic rings. The maximum absolute atomic E-state index is 12.8. The van der Waals surface area contributed by atoms with Crippen LogP contribution in [-0.4, -0.2) is 48.0 Å². The average molecular weight is 254 g/mol. The highest BCUT2D eigenvalue weighted by Gasteiger charge is 2.43. The maximum atomic E-state index is 12.8. The monoisotopic (exact) mass is 254 g/mol. The lowest BCUT2D eigenvalue weighted by molar-refractivity contribution is -0.189. The van der Waals surface area contributed by atoms with Crippen LogP contribution in [-0.2, 0) is 0 Å². The number of nitrogens with zero attached hydrogens (tertiary/aromatic N) is 1. The van der Waals surface area contributed by atoms with Gasteiger partial charge in [0.2, 0.25) is 0 Å². The molecule has 2 atom stereocenters. The average Bonchev–Trinajstić information content (AvgIpc) is 2.24. The molecule has 2 unspecified atom stereocenters. The molecule has 0 aromatic carbocycles. The summed E-state index contributed by atoms with van der Waals surface area (Å²) in [4.78, 5) is 1.45. The van der Waals surface area contributed by atoms with Crippen LogP contribution in [0.3, 0.4) is 0 Å². The van der Waals surface area contributed by atoms with Gasteiger partial charge in [0, 0.05) is 0 Å². The Hall–Kier alpha value is -0.330. The Kier molecular flexibility index (Phi) is 5.22. The molecule has 1 aliphatic heterocycles. The van der Waals surface area contributed by atoms with Crippen LogP contribution in [0, 0.1) is 5.92 Å². The number of nitrogens with two attached hydrogens (primary N) is 1. The van der Waals surface area contributed by atoms with Gasteiger partial charge in [0.1, 0.15) is 6.04 Å². The van der Waals surface area contributed by atoms with Crippen molar-refractivity contribution in [1.82, 2.24) is 4.90 Å². The first-order valence-corrected chi connectivity index (χ1v) is 6.05. The summed E-state index contributed by atoms with van der Waals surface area (Å²) in [7, 11) is 0. The Morgan fingerprint density at radius 1 is 1.35 bits per heavy atom. The lowest BCUT2D eigenvalue weighted by atomic mass is 9.91. The standard InChI is InChI=1S/C11H21F3N2O/c1-8(17)9-3-6-16(7-4-9)10(2-5-15)11(12,13)14/h8-10,17H,2-7,15H2,1H3. The molecule has 6 heteroatoms. The Morgan fingerprint density at radius 2 is 1.88 bits per heavy atom. The van der Waals surface area contributed by atoms with E-state index in [2.05, 4.69) is 0 Å². The van der Waals surface area contributed by atoms with Crippen LogP contribution in [0.1, 0.15) is 26.2 Å². The number of aliphatic hydroxyl groups excluding tert-OH is 1. The van der Waals surface area contributed by atoms with Gasteiger partial charge in [-0.15, -0.1) is 0 Å². The van der Waals surface area contributed by atoms with Gasteiger partial charge in [0.25, 0.3) is 0 Å². The minimum absolute atomic E-state index is 0.0422. The summed E-state index contributed by atoms with van der Waals surface area (Å²) in [5.74, 6) is 0.123. The van der Waals surface area contributed by atoms with Crippen molar-refractivity contribution in [2.24, 2.45) is 11.7 Å². The fourth-order valence-electron chi connectivity index (χ4n) is 2.42. The lowest BCUT2D eigenvalue weighted by Crippen LogP contribution is -2.50. The highest BCUT2D eigenvalue weighted by molar-refractivity contribution is 4.84. The molecule has 0 bridgehead atoms. The SMILES string of the molecule is CC(O)C1CCN(C(CCN)C(F)(F)F)CC1. The second-order valence-corrected chi connectivity index (χ2v) is 4.75. The van der Waals surface area contributed by atoms with Crippen molar-refractivity contribution >= 4 is 0 Å². The topological polar surface area (TPSA) is 49.5 Å². The van der Waals surface area contributed by atoms with Crippen LogP contribution in [0.5, 0.6) is 0 Å². The van der Waals surface area contributed by atoms with E-state index in [4.69, 9.17) is 5.73 Å². The molecule has 1 heterocycles. The van der Waals surface area contributed by atoms with E-state index in [-0.39, 0.29) is 18.9 Å². The van der Waals surface area contributed by atoms with E-state index < -0.39 is 18.3 Å². The van der Waals surface area contributed by atoms with E-state index in [1.165, 1.54) is 4.90 Å². The Bertz CT molecular complexity index is 225. The fraction of sp³-hybridized carbons (Fsp3) is 1.00. The van der Waals surface area contributed by atoms with Crippen molar-refractivity contribution in [1.29, 1.82) is 0 Å². The number of aliphatic hydroxyl groups is 1. The highest BCUT2D eigenvalue weighted by Crippen LogP contribution is 2.31. The number of piperidine rings is 1. The molecule has 1 rings (SSSR count). The first-order valence-electron chi connectivity index (χ1n) is 6.05. The van der Waals surface area contributed by atoms with Gasteiger partial charge >= 0.3 is 6.18 Å². The van der Waals surface area contributed by atoms with E-state index in [0.717, 1.165) is 0 Å². The minimum Gasteiger partial charge on any atom is -0.393 e. The summed E-state index contributed by atoms with van der Waals surface area (Å²) in [6.07, 6.45) is -3.46. The first kappa shape index (κ1) is 14.7. The van der Waals surface area contributed by atoms with Crippen LogP contribution in [0.2, 0.25) is 0 Å². The molecule has 17 heavy (non-hydrogen) atoms. The zero-order valence-electron chi connectivity index (χ0n) is 10.1. The third-order valence-corrected chi connectivity index (χ3v) is 3.52. The van der Waals surface area contributed by atoms with E-state index in [9.17, 15) is 18.3 Å². The summed E-state index contributed by atoms with van der Waals surface area (Å²) in [6, 6.07) is -1.43.